The molecule has 3 unspecified atom stereocenters. The number of nitrogens with one attached hydrogen (secondary N) is 1. The molecular formula is C16H23N5O6. The van der Waals surface area contributed by atoms with Crippen LogP contribution in [0.15, 0.2) is 17.7 Å². The first-order valence-electron chi connectivity index (χ1n) is 8.42. The van der Waals surface area contributed by atoms with E-state index >= 15 is 0 Å². The minimum absolute atomic E-state index is 0.368. The Kier molecular flexibility index (Phi) is 5.58. The van der Waals surface area contributed by atoms with Gasteiger partial charge in [-0.1, -0.05) is 5.16 Å². The lowest BCUT2D eigenvalue weighted by Crippen LogP contribution is -2.46. The number of anilines is 1. The molecule has 2 aromatic rings. The molecule has 0 saturated carbocycles. The van der Waals surface area contributed by atoms with Crippen LogP contribution in [-0.4, -0.2) is 74.3 Å². The minimum atomic E-state index is -1.15. The van der Waals surface area contributed by atoms with Crippen LogP contribution in [-0.2, 0) is 14.3 Å². The maximum absolute atomic E-state index is 10.5. The summed E-state index contributed by atoms with van der Waals surface area (Å²) in [6.45, 7) is 3.55. The monoisotopic (exact) mass is 381 g/mol. The average molecular weight is 381 g/mol. The Hall–Kier alpha value is -2.31. The van der Waals surface area contributed by atoms with E-state index in [2.05, 4.69) is 20.6 Å². The van der Waals surface area contributed by atoms with Gasteiger partial charge in [-0.05, 0) is 13.8 Å². The molecule has 4 N–H and O–H groups in total. The summed E-state index contributed by atoms with van der Waals surface area (Å²) in [5.41, 5.74) is 2.53. The summed E-state index contributed by atoms with van der Waals surface area (Å²) in [5, 5.41) is 32.7. The molecule has 3 heterocycles. The lowest BCUT2D eigenvalue weighted by atomic mass is 9.96. The van der Waals surface area contributed by atoms with Gasteiger partial charge in [0.25, 0.3) is 0 Å². The summed E-state index contributed by atoms with van der Waals surface area (Å²) in [6.07, 6.45) is 1.54. The highest BCUT2D eigenvalue weighted by Gasteiger charge is 2.54. The molecular weight excluding hydrogens is 358 g/mol. The van der Waals surface area contributed by atoms with Crippen molar-refractivity contribution in [1.29, 1.82) is 0 Å². The molecule has 0 spiro atoms. The summed E-state index contributed by atoms with van der Waals surface area (Å²) in [7, 11) is 1.46. The quantitative estimate of drug-likeness (QED) is 0.301. The van der Waals surface area contributed by atoms with Crippen LogP contribution in [0.25, 0.3) is 11.0 Å². The average Bonchev–Trinajstić information content (AvgIpc) is 3.17. The molecule has 0 bridgehead atoms. The number of rotatable bonds is 7. The molecule has 11 heteroatoms. The van der Waals surface area contributed by atoms with E-state index in [1.54, 1.807) is 17.7 Å². The number of ether oxygens (including phenoxy) is 2. The molecule has 0 aromatic carbocycles. The highest BCUT2D eigenvalue weighted by Crippen LogP contribution is 2.42. The second kappa shape index (κ2) is 7.74. The number of aliphatic hydroxyl groups excluding tert-OH is 2. The van der Waals surface area contributed by atoms with Gasteiger partial charge in [0.15, 0.2) is 12.0 Å². The van der Waals surface area contributed by atoms with E-state index in [9.17, 15) is 10.2 Å². The van der Waals surface area contributed by atoms with Crippen molar-refractivity contribution in [2.75, 3.05) is 25.8 Å². The third-order valence-corrected chi connectivity index (χ3v) is 4.75. The number of oxime groups is 1. The molecule has 0 radical (unpaired) electrons. The Morgan fingerprint density at radius 3 is 2.89 bits per heavy atom. The largest absolute Gasteiger partial charge is 0.411 e. The van der Waals surface area contributed by atoms with Crippen molar-refractivity contribution in [3.05, 3.63) is 18.1 Å². The topological polar surface area (TPSA) is 143 Å². The number of nitrogens with zero attached hydrogens (tertiary/aromatic N) is 4. The normalized spacial score (nSPS) is 28.4. The number of aliphatic hydroxyl groups is 2. The fourth-order valence-electron chi connectivity index (χ4n) is 3.27. The number of methoxy groups -OCH3 is 1. The van der Waals surface area contributed by atoms with Gasteiger partial charge in [-0.25, -0.2) is 15.4 Å². The van der Waals surface area contributed by atoms with Crippen molar-refractivity contribution >= 4 is 23.1 Å². The highest BCUT2D eigenvalue weighted by atomic mass is 16.6. The van der Waals surface area contributed by atoms with Gasteiger partial charge in [-0.15, -0.1) is 0 Å². The molecule has 2 aromatic heterocycles. The summed E-state index contributed by atoms with van der Waals surface area (Å²) < 4.78 is 13.1. The van der Waals surface area contributed by atoms with Gasteiger partial charge in [-0.2, -0.15) is 0 Å². The fourth-order valence-corrected chi connectivity index (χ4v) is 3.27. The Morgan fingerprint density at radius 2 is 2.26 bits per heavy atom. The summed E-state index contributed by atoms with van der Waals surface area (Å²) in [4.78, 5) is 13.7. The standard InChI is InChI=1S/C16H23N5O6/c1-4-26-20-13-11-9(5-19-24)6-21(14(11)18-8-17-13)15-16(2,25-3)12(23)10(7-22)27-15/h5-6,8,10,12,15,22-24H,4,7H2,1-3H3,(H,17,18,20)/t10?,12?,15-,16?/m1/s1. The maximum Gasteiger partial charge on any atom is 0.167 e. The second-order valence-electron chi connectivity index (χ2n) is 6.23. The van der Waals surface area contributed by atoms with Gasteiger partial charge >= 0.3 is 0 Å². The van der Waals surface area contributed by atoms with E-state index in [1.165, 1.54) is 19.7 Å². The van der Waals surface area contributed by atoms with E-state index < -0.39 is 24.0 Å². The zero-order valence-corrected chi connectivity index (χ0v) is 15.2. The molecule has 1 aliphatic heterocycles. The van der Waals surface area contributed by atoms with Crippen LogP contribution in [0.2, 0.25) is 0 Å². The van der Waals surface area contributed by atoms with Crippen molar-refractivity contribution in [2.24, 2.45) is 5.16 Å². The number of hydrogen-bond acceptors (Lipinski definition) is 10. The van der Waals surface area contributed by atoms with Crippen LogP contribution in [0.5, 0.6) is 0 Å². The molecule has 27 heavy (non-hydrogen) atoms. The van der Waals surface area contributed by atoms with Crippen LogP contribution in [0.4, 0.5) is 5.82 Å². The van der Waals surface area contributed by atoms with E-state index in [1.807, 2.05) is 6.92 Å². The maximum atomic E-state index is 10.5. The molecule has 0 aliphatic carbocycles. The molecule has 1 saturated heterocycles. The molecule has 3 rings (SSSR count). The van der Waals surface area contributed by atoms with Gasteiger partial charge < -0.3 is 29.5 Å². The van der Waals surface area contributed by atoms with Gasteiger partial charge in [0, 0.05) is 18.9 Å². The Bertz CT molecular complexity index is 827. The second-order valence-corrected chi connectivity index (χ2v) is 6.23. The summed E-state index contributed by atoms with van der Waals surface area (Å²) in [5.74, 6) is 0.381. The van der Waals surface area contributed by atoms with E-state index in [4.69, 9.17) is 19.5 Å². The number of aromatic nitrogens is 3. The molecule has 11 nitrogen and oxygen atoms in total. The Labute approximate surface area is 155 Å². The van der Waals surface area contributed by atoms with E-state index in [0.717, 1.165) is 0 Å². The third kappa shape index (κ3) is 3.13. The van der Waals surface area contributed by atoms with Gasteiger partial charge in [0.1, 0.15) is 29.8 Å². The zero-order chi connectivity index (χ0) is 19.6. The molecule has 0 amide bonds. The van der Waals surface area contributed by atoms with Crippen LogP contribution < -0.4 is 5.48 Å². The van der Waals surface area contributed by atoms with Crippen LogP contribution in [0.3, 0.4) is 0 Å². The van der Waals surface area contributed by atoms with Gasteiger partial charge in [0.2, 0.25) is 0 Å². The first-order valence-corrected chi connectivity index (χ1v) is 8.42. The van der Waals surface area contributed by atoms with E-state index in [-0.39, 0.29) is 6.61 Å². The Balaban J connectivity index is 2.17. The smallest absolute Gasteiger partial charge is 0.167 e. The molecule has 148 valence electrons. The minimum Gasteiger partial charge on any atom is -0.411 e. The van der Waals surface area contributed by atoms with Crippen molar-refractivity contribution in [3.8, 4) is 0 Å². The van der Waals surface area contributed by atoms with E-state index in [0.29, 0.717) is 29.0 Å². The lowest BCUT2D eigenvalue weighted by Gasteiger charge is -2.31. The molecule has 1 fully saturated rings. The fraction of sp³-hybridized carbons (Fsp3) is 0.562. The first kappa shape index (κ1) is 19.5. The van der Waals surface area contributed by atoms with Crippen molar-refractivity contribution in [1.82, 2.24) is 14.5 Å². The summed E-state index contributed by atoms with van der Waals surface area (Å²) in [6, 6.07) is 0. The predicted octanol–water partition coefficient (Wildman–Crippen LogP) is 0.258. The highest BCUT2D eigenvalue weighted by molar-refractivity contribution is 6.03. The lowest BCUT2D eigenvalue weighted by molar-refractivity contribution is -0.118. The van der Waals surface area contributed by atoms with Gasteiger partial charge in [-0.3, -0.25) is 4.84 Å². The number of fused-ring (bicyclic) bond motifs is 1. The third-order valence-electron chi connectivity index (χ3n) is 4.75. The molecule has 4 atom stereocenters. The van der Waals surface area contributed by atoms with Crippen molar-refractivity contribution in [2.45, 2.75) is 37.9 Å². The first-order chi connectivity index (χ1) is 13.0. The van der Waals surface area contributed by atoms with Crippen molar-refractivity contribution in [3.63, 3.8) is 0 Å². The number of hydrogen-bond donors (Lipinski definition) is 4. The SMILES string of the molecule is CCONc1ncnc2c1c(C=NO)cn2[C@@H]1OC(CO)C(O)C1(C)OC. The van der Waals surface area contributed by atoms with Crippen LogP contribution in [0, 0.1) is 0 Å². The van der Waals surface area contributed by atoms with Crippen molar-refractivity contribution < 1.29 is 29.7 Å². The Morgan fingerprint density at radius 1 is 1.48 bits per heavy atom. The zero-order valence-electron chi connectivity index (χ0n) is 15.2. The van der Waals surface area contributed by atoms with Crippen LogP contribution >= 0.6 is 0 Å². The summed E-state index contributed by atoms with van der Waals surface area (Å²) >= 11 is 0. The van der Waals surface area contributed by atoms with Gasteiger partial charge in [0.05, 0.1) is 24.8 Å². The molecule has 1 aliphatic rings. The van der Waals surface area contributed by atoms with Crippen LogP contribution in [0.1, 0.15) is 25.6 Å². The predicted molar refractivity (Wildman–Crippen MR) is 94.6 cm³/mol.